The van der Waals surface area contributed by atoms with E-state index in [1.807, 2.05) is 30.3 Å². The molecule has 0 aromatic carbocycles. The van der Waals surface area contributed by atoms with Gasteiger partial charge in [-0.1, -0.05) is 6.07 Å². The van der Waals surface area contributed by atoms with E-state index in [0.29, 0.717) is 5.69 Å². The van der Waals surface area contributed by atoms with Gasteiger partial charge in [0.1, 0.15) is 5.82 Å². The number of carboxylic acid groups (broad SMARTS) is 1. The summed E-state index contributed by atoms with van der Waals surface area (Å²) in [6.07, 6.45) is 0.939. The van der Waals surface area contributed by atoms with E-state index < -0.39 is 6.09 Å². The maximum Gasteiger partial charge on any atom is 0.404 e. The Morgan fingerprint density at radius 1 is 1.17 bits per heavy atom. The summed E-state index contributed by atoms with van der Waals surface area (Å²) in [6, 6.07) is 11.6. The van der Waals surface area contributed by atoms with E-state index in [2.05, 4.69) is 29.0 Å². The first kappa shape index (κ1) is 19.1. The average molecular weight is 393 g/mol. The third-order valence-corrected chi connectivity index (χ3v) is 4.79. The van der Waals surface area contributed by atoms with Gasteiger partial charge in [-0.2, -0.15) is 0 Å². The molecule has 2 N–H and O–H groups in total. The lowest BCUT2D eigenvalue weighted by Crippen LogP contribution is -2.45. The fraction of sp³-hybridized carbons (Fsp3) is 0.333. The highest BCUT2D eigenvalue weighted by Gasteiger charge is 2.23. The van der Waals surface area contributed by atoms with Gasteiger partial charge in [0.05, 0.1) is 41.4 Å². The van der Waals surface area contributed by atoms with Gasteiger partial charge in [-0.3, -0.25) is 4.98 Å². The Bertz CT molecular complexity index is 1030. The molecule has 2 atom stereocenters. The van der Waals surface area contributed by atoms with Crippen LogP contribution < -0.4 is 10.2 Å². The molecule has 0 bridgehead atoms. The third-order valence-electron chi connectivity index (χ3n) is 4.79. The van der Waals surface area contributed by atoms with Crippen LogP contribution in [0.4, 0.5) is 10.6 Å². The van der Waals surface area contributed by atoms with Crippen LogP contribution in [0.25, 0.3) is 22.3 Å². The zero-order valence-corrected chi connectivity index (χ0v) is 16.4. The molecular weight excluding hydrogens is 370 g/mol. The number of aromatic nitrogens is 3. The molecule has 3 aromatic rings. The first-order valence-corrected chi connectivity index (χ1v) is 9.58. The highest BCUT2D eigenvalue weighted by molar-refractivity contribution is 5.80. The predicted molar refractivity (Wildman–Crippen MR) is 110 cm³/mol. The zero-order valence-electron chi connectivity index (χ0n) is 16.4. The van der Waals surface area contributed by atoms with Crippen LogP contribution in [0.15, 0.2) is 42.6 Å². The van der Waals surface area contributed by atoms with Crippen molar-refractivity contribution in [3.63, 3.8) is 0 Å². The molecule has 0 aliphatic carbocycles. The monoisotopic (exact) mass is 393 g/mol. The summed E-state index contributed by atoms with van der Waals surface area (Å²) in [7, 11) is 0. The van der Waals surface area contributed by atoms with Crippen molar-refractivity contribution in [2.75, 3.05) is 18.0 Å². The minimum Gasteiger partial charge on any atom is -0.465 e. The Kier molecular flexibility index (Phi) is 5.26. The average Bonchev–Trinajstić information content (AvgIpc) is 2.71. The summed E-state index contributed by atoms with van der Waals surface area (Å²) in [4.78, 5) is 26.8. The molecule has 1 amide bonds. The standard InChI is InChI=1S/C21H23N5O3/c1-13-11-26(12-14(2)29-13)20-5-3-4-17(25-20)18-7-6-15-9-22-16(8-19(15)24-18)10-23-21(27)28/h3-9,13-14,23H,10-12H2,1-2H3,(H,27,28)/t13-,14+. The van der Waals surface area contributed by atoms with Crippen molar-refractivity contribution < 1.29 is 14.6 Å². The van der Waals surface area contributed by atoms with Crippen LogP contribution in [-0.4, -0.2) is 51.4 Å². The van der Waals surface area contributed by atoms with Crippen LogP contribution in [0.5, 0.6) is 0 Å². The SMILES string of the molecule is C[C@@H]1CN(c2cccc(-c3ccc4cnc(CNC(=O)O)cc4n3)n2)C[C@H](C)O1. The maximum atomic E-state index is 10.7. The lowest BCUT2D eigenvalue weighted by Gasteiger charge is -2.36. The Morgan fingerprint density at radius 2 is 1.93 bits per heavy atom. The molecule has 4 heterocycles. The number of hydrogen-bond donors (Lipinski definition) is 2. The molecular formula is C21H23N5O3. The smallest absolute Gasteiger partial charge is 0.404 e. The molecule has 29 heavy (non-hydrogen) atoms. The molecule has 3 aromatic heterocycles. The number of fused-ring (bicyclic) bond motifs is 1. The number of anilines is 1. The van der Waals surface area contributed by atoms with Gasteiger partial charge in [-0.25, -0.2) is 14.8 Å². The molecule has 4 rings (SSSR count). The van der Waals surface area contributed by atoms with Crippen LogP contribution in [0, 0.1) is 0 Å². The summed E-state index contributed by atoms with van der Waals surface area (Å²) in [5.74, 6) is 0.910. The number of carbonyl (C=O) groups is 1. The van der Waals surface area contributed by atoms with Gasteiger partial charge in [-0.15, -0.1) is 0 Å². The zero-order chi connectivity index (χ0) is 20.4. The Hall–Kier alpha value is -3.26. The molecule has 1 fully saturated rings. The Balaban J connectivity index is 1.63. The van der Waals surface area contributed by atoms with E-state index in [1.165, 1.54) is 0 Å². The van der Waals surface area contributed by atoms with Crippen molar-refractivity contribution in [1.82, 2.24) is 20.3 Å². The molecule has 1 aliphatic rings. The van der Waals surface area contributed by atoms with Crippen molar-refractivity contribution in [3.05, 3.63) is 48.3 Å². The summed E-state index contributed by atoms with van der Waals surface area (Å²) in [5.41, 5.74) is 2.92. The second kappa shape index (κ2) is 8.00. The molecule has 0 radical (unpaired) electrons. The van der Waals surface area contributed by atoms with E-state index in [4.69, 9.17) is 19.8 Å². The van der Waals surface area contributed by atoms with E-state index >= 15 is 0 Å². The molecule has 8 heteroatoms. The largest absolute Gasteiger partial charge is 0.465 e. The number of ether oxygens (including phenoxy) is 1. The van der Waals surface area contributed by atoms with Crippen molar-refractivity contribution in [2.24, 2.45) is 0 Å². The quantitative estimate of drug-likeness (QED) is 0.702. The first-order valence-electron chi connectivity index (χ1n) is 9.58. The predicted octanol–water partition coefficient (Wildman–Crippen LogP) is 3.07. The van der Waals surface area contributed by atoms with Crippen molar-refractivity contribution >= 4 is 22.8 Å². The molecule has 0 spiro atoms. The minimum atomic E-state index is -1.08. The molecule has 1 aliphatic heterocycles. The summed E-state index contributed by atoms with van der Waals surface area (Å²) < 4.78 is 5.82. The lowest BCUT2D eigenvalue weighted by atomic mass is 10.1. The molecule has 0 saturated carbocycles. The van der Waals surface area contributed by atoms with Crippen LogP contribution in [0.3, 0.4) is 0 Å². The highest BCUT2D eigenvalue weighted by Crippen LogP contribution is 2.24. The van der Waals surface area contributed by atoms with Crippen molar-refractivity contribution in [1.29, 1.82) is 0 Å². The van der Waals surface area contributed by atoms with Gasteiger partial charge in [0, 0.05) is 24.7 Å². The summed E-state index contributed by atoms with van der Waals surface area (Å²) >= 11 is 0. The summed E-state index contributed by atoms with van der Waals surface area (Å²) in [5, 5.41) is 12.0. The van der Waals surface area contributed by atoms with Gasteiger partial charge in [0.15, 0.2) is 0 Å². The second-order valence-corrected chi connectivity index (χ2v) is 7.27. The first-order chi connectivity index (χ1) is 14.0. The number of amides is 1. The molecule has 8 nitrogen and oxygen atoms in total. The normalized spacial score (nSPS) is 19.3. The van der Waals surface area contributed by atoms with E-state index in [1.54, 1.807) is 12.3 Å². The fourth-order valence-electron chi connectivity index (χ4n) is 3.57. The number of nitrogens with zero attached hydrogens (tertiary/aromatic N) is 4. The van der Waals surface area contributed by atoms with Gasteiger partial charge >= 0.3 is 6.09 Å². The fourth-order valence-corrected chi connectivity index (χ4v) is 3.57. The highest BCUT2D eigenvalue weighted by atomic mass is 16.5. The van der Waals surface area contributed by atoms with Gasteiger partial charge < -0.3 is 20.1 Å². The van der Waals surface area contributed by atoms with E-state index in [9.17, 15) is 4.79 Å². The minimum absolute atomic E-state index is 0.137. The third kappa shape index (κ3) is 4.43. The maximum absolute atomic E-state index is 10.7. The number of pyridine rings is 3. The van der Waals surface area contributed by atoms with E-state index in [0.717, 1.165) is 41.2 Å². The topological polar surface area (TPSA) is 100 Å². The number of hydrogen-bond acceptors (Lipinski definition) is 6. The number of morpholine rings is 1. The van der Waals surface area contributed by atoms with E-state index in [-0.39, 0.29) is 18.8 Å². The molecule has 150 valence electrons. The van der Waals surface area contributed by atoms with Crippen LogP contribution in [0.2, 0.25) is 0 Å². The van der Waals surface area contributed by atoms with Crippen LogP contribution in [0.1, 0.15) is 19.5 Å². The number of nitrogens with one attached hydrogen (secondary N) is 1. The summed E-state index contributed by atoms with van der Waals surface area (Å²) in [6.45, 7) is 5.89. The second-order valence-electron chi connectivity index (χ2n) is 7.27. The number of rotatable bonds is 4. The Labute approximate surface area is 168 Å². The van der Waals surface area contributed by atoms with Gasteiger partial charge in [-0.05, 0) is 44.2 Å². The van der Waals surface area contributed by atoms with Crippen LogP contribution >= 0.6 is 0 Å². The molecule has 0 unspecified atom stereocenters. The van der Waals surface area contributed by atoms with Crippen molar-refractivity contribution in [2.45, 2.75) is 32.6 Å². The van der Waals surface area contributed by atoms with Gasteiger partial charge in [0.25, 0.3) is 0 Å². The van der Waals surface area contributed by atoms with Crippen molar-refractivity contribution in [3.8, 4) is 11.4 Å². The van der Waals surface area contributed by atoms with Crippen LogP contribution in [-0.2, 0) is 11.3 Å². The van der Waals surface area contributed by atoms with Gasteiger partial charge in [0.2, 0.25) is 0 Å². The Morgan fingerprint density at radius 3 is 2.69 bits per heavy atom. The lowest BCUT2D eigenvalue weighted by molar-refractivity contribution is -0.00545. The molecule has 1 saturated heterocycles.